The highest BCUT2D eigenvalue weighted by Gasteiger charge is 2.33. The molecule has 0 aromatic heterocycles. The molecule has 4 nitrogen and oxygen atoms in total. The molecule has 0 amide bonds. The van der Waals surface area contributed by atoms with Crippen LogP contribution in [0.1, 0.15) is 142 Å². The lowest BCUT2D eigenvalue weighted by Crippen LogP contribution is -2.30. The van der Waals surface area contributed by atoms with Gasteiger partial charge in [0.2, 0.25) is 0 Å². The van der Waals surface area contributed by atoms with Crippen LogP contribution in [-0.4, -0.2) is 23.4 Å². The van der Waals surface area contributed by atoms with Crippen molar-refractivity contribution >= 4 is 0 Å². The summed E-state index contributed by atoms with van der Waals surface area (Å²) in [6, 6.07) is 20.3. The molecule has 0 aliphatic heterocycles. The molecule has 7 rings (SSSR count). The second-order valence-corrected chi connectivity index (χ2v) is 24.2. The first-order valence-electron chi connectivity index (χ1n) is 25.0. The van der Waals surface area contributed by atoms with Gasteiger partial charge in [0.1, 0.15) is 23.0 Å². The number of rotatable bonds is 10. The Morgan fingerprint density at radius 2 is 0.708 bits per heavy atom. The fourth-order valence-electron chi connectivity index (χ4n) is 9.67. The van der Waals surface area contributed by atoms with Gasteiger partial charge in [-0.15, -0.1) is 0 Å². The van der Waals surface area contributed by atoms with Crippen molar-refractivity contribution in [3.05, 3.63) is 141 Å². The van der Waals surface area contributed by atoms with Crippen molar-refractivity contribution < 1.29 is 46.0 Å². The summed E-state index contributed by atoms with van der Waals surface area (Å²) >= 11 is 0. The largest absolute Gasteiger partial charge is 0.507 e. The molecule has 0 saturated heterocycles. The minimum absolute atomic E-state index is 0.0783. The van der Waals surface area contributed by atoms with Crippen molar-refractivity contribution in [1.82, 2.24) is 0 Å². The summed E-state index contributed by atoms with van der Waals surface area (Å²) in [5.74, 6) is -11.4. The zero-order chi connectivity index (χ0) is 53.2. The Bertz CT molecular complexity index is 2770. The van der Waals surface area contributed by atoms with Crippen molar-refractivity contribution in [3.8, 4) is 67.5 Å². The summed E-state index contributed by atoms with van der Waals surface area (Å²) in [6.45, 7) is 28.4. The Hall–Kier alpha value is -5.90. The highest BCUT2D eigenvalue weighted by molar-refractivity contribution is 5.87. The minimum Gasteiger partial charge on any atom is -0.507 e. The van der Waals surface area contributed by atoms with Gasteiger partial charge in [-0.1, -0.05) is 132 Å². The maximum absolute atomic E-state index is 16.3. The monoisotopic (exact) mass is 993 g/mol. The molecule has 0 bridgehead atoms. The minimum atomic E-state index is -1.72. The van der Waals surface area contributed by atoms with E-state index < -0.39 is 46.0 Å². The number of hydrogen-bond donors (Lipinski definition) is 2. The zero-order valence-electron chi connectivity index (χ0n) is 44.3. The zero-order valence-corrected chi connectivity index (χ0v) is 44.3. The number of phenolic OH excluding ortho intramolecular Hbond substituents is 2. The molecule has 2 atom stereocenters. The topological polar surface area (TPSA) is 58.9 Å². The van der Waals surface area contributed by atoms with Gasteiger partial charge in [-0.2, -0.15) is 0 Å². The lowest BCUT2D eigenvalue weighted by molar-refractivity contribution is 0.105. The van der Waals surface area contributed by atoms with E-state index in [1.54, 1.807) is 26.0 Å². The summed E-state index contributed by atoms with van der Waals surface area (Å²) < 4.78 is 106. The molecule has 2 N–H and O–H groups in total. The maximum Gasteiger partial charge on any atom is 0.195 e. The average Bonchev–Trinajstić information content (AvgIpc) is 3.29. The van der Waals surface area contributed by atoms with Crippen molar-refractivity contribution in [2.45, 2.75) is 144 Å². The summed E-state index contributed by atoms with van der Waals surface area (Å²) in [5, 5.41) is 24.1. The maximum atomic E-state index is 16.3. The lowest BCUT2D eigenvalue weighted by atomic mass is 9.78. The van der Waals surface area contributed by atoms with Gasteiger partial charge in [0.05, 0.1) is 24.3 Å². The van der Waals surface area contributed by atoms with Crippen LogP contribution in [0, 0.1) is 60.6 Å². The fourth-order valence-corrected chi connectivity index (χ4v) is 9.67. The lowest BCUT2D eigenvalue weighted by Gasteiger charge is -2.32. The smallest absolute Gasteiger partial charge is 0.195 e. The van der Waals surface area contributed by atoms with E-state index in [1.165, 1.54) is 12.1 Å². The third-order valence-electron chi connectivity index (χ3n) is 14.2. The quantitative estimate of drug-likeness (QED) is 0.106. The van der Waals surface area contributed by atoms with Crippen LogP contribution < -0.4 is 9.47 Å². The Morgan fingerprint density at radius 1 is 0.417 bits per heavy atom. The van der Waals surface area contributed by atoms with E-state index in [-0.39, 0.29) is 80.8 Å². The SMILES string of the molecule is Cc1cc(-c2cc(C(C)(C)C)cc(C(C)(C)C)c2)c(O)c(-c2c(OCC3CCCC[C@H]3COc3cc(F)c(F)c(F)c3-c3cc(C)cc(-c4cc(C(C)(C)C)cc(C(C)(C)C)c4)c3O)cc(F)c(F)c2F)c1. The van der Waals surface area contributed by atoms with Crippen LogP contribution in [0.2, 0.25) is 0 Å². The van der Waals surface area contributed by atoms with E-state index in [4.69, 9.17) is 9.47 Å². The van der Waals surface area contributed by atoms with Gasteiger partial charge in [-0.25, -0.2) is 26.3 Å². The molecule has 6 aromatic rings. The van der Waals surface area contributed by atoms with E-state index >= 15 is 26.3 Å². The van der Waals surface area contributed by atoms with Gasteiger partial charge in [-0.3, -0.25) is 0 Å². The number of aromatic hydroxyl groups is 2. The Morgan fingerprint density at radius 3 is 1.00 bits per heavy atom. The second kappa shape index (κ2) is 19.8. The van der Waals surface area contributed by atoms with Gasteiger partial charge in [0.25, 0.3) is 0 Å². The third-order valence-corrected chi connectivity index (χ3v) is 14.2. The molecular weight excluding hydrogens is 923 g/mol. The van der Waals surface area contributed by atoms with E-state index in [9.17, 15) is 10.2 Å². The number of benzene rings is 6. The molecule has 10 heteroatoms. The predicted octanol–water partition coefficient (Wildman–Crippen LogP) is 17.7. The van der Waals surface area contributed by atoms with Gasteiger partial charge < -0.3 is 19.7 Å². The molecule has 1 fully saturated rings. The van der Waals surface area contributed by atoms with E-state index in [2.05, 4.69) is 95.2 Å². The van der Waals surface area contributed by atoms with Gasteiger partial charge >= 0.3 is 0 Å². The van der Waals surface area contributed by atoms with E-state index in [0.717, 1.165) is 47.2 Å². The molecule has 0 spiro atoms. The van der Waals surface area contributed by atoms with Crippen molar-refractivity contribution in [2.24, 2.45) is 11.8 Å². The van der Waals surface area contributed by atoms with E-state index in [1.807, 2.05) is 24.3 Å². The molecule has 1 saturated carbocycles. The van der Waals surface area contributed by atoms with Gasteiger partial charge in [0.15, 0.2) is 34.9 Å². The Balaban J connectivity index is 1.23. The Labute approximate surface area is 422 Å². The first kappa shape index (κ1) is 53.9. The number of ether oxygens (including phenoxy) is 2. The van der Waals surface area contributed by atoms with Crippen molar-refractivity contribution in [2.75, 3.05) is 13.2 Å². The summed E-state index contributed by atoms with van der Waals surface area (Å²) in [5.41, 5.74) is 5.36. The Kier molecular flexibility index (Phi) is 14.9. The van der Waals surface area contributed by atoms with Crippen molar-refractivity contribution in [1.29, 1.82) is 0 Å². The van der Waals surface area contributed by atoms with Crippen LogP contribution >= 0.6 is 0 Å². The molecule has 384 valence electrons. The molecule has 72 heavy (non-hydrogen) atoms. The van der Waals surface area contributed by atoms with Crippen LogP contribution in [0.5, 0.6) is 23.0 Å². The average molecular weight is 993 g/mol. The first-order valence-corrected chi connectivity index (χ1v) is 25.0. The van der Waals surface area contributed by atoms with Crippen LogP contribution in [0.3, 0.4) is 0 Å². The standard InChI is InChI=1S/C62H70F6O4/c1-33-19-43(37-23-39(59(3,4)5)27-40(24-37)60(6,7)8)57(69)45(21-33)51-49(29-47(63)53(65)55(51)67)71-31-35-17-15-16-18-36(35)32-72-50-30-48(64)54(66)56(68)52(50)46-22-34(2)20-44(58(46)70)38-25-41(61(9,10)11)28-42(26-38)62(12,13)14/h19-30,35-36,69-70H,15-18,31-32H2,1-14H3/t35-,36?/m0/s1. The van der Waals surface area contributed by atoms with E-state index in [0.29, 0.717) is 46.2 Å². The fraction of sp³-hybridized carbons (Fsp3) is 0.419. The van der Waals surface area contributed by atoms with Gasteiger partial charge in [-0.05, 0) is 129 Å². The number of aryl methyl sites for hydroxylation is 2. The molecule has 0 radical (unpaired) electrons. The molecule has 6 aromatic carbocycles. The predicted molar refractivity (Wildman–Crippen MR) is 278 cm³/mol. The summed E-state index contributed by atoms with van der Waals surface area (Å²) in [4.78, 5) is 0. The molecule has 1 aliphatic carbocycles. The molecule has 1 unspecified atom stereocenters. The molecular formula is C62H70F6O4. The van der Waals surface area contributed by atoms with Crippen LogP contribution in [0.15, 0.2) is 72.8 Å². The third kappa shape index (κ3) is 11.2. The van der Waals surface area contributed by atoms with Gasteiger partial charge in [0, 0.05) is 34.4 Å². The van der Waals surface area contributed by atoms with Crippen LogP contribution in [0.4, 0.5) is 26.3 Å². The van der Waals surface area contributed by atoms with Crippen LogP contribution in [0.25, 0.3) is 44.5 Å². The molecule has 0 heterocycles. The highest BCUT2D eigenvalue weighted by Crippen LogP contribution is 2.49. The summed E-state index contributed by atoms with van der Waals surface area (Å²) in [6.07, 6.45) is 2.71. The van der Waals surface area contributed by atoms with Crippen molar-refractivity contribution in [3.63, 3.8) is 0 Å². The first-order chi connectivity index (χ1) is 33.3. The summed E-state index contributed by atoms with van der Waals surface area (Å²) in [7, 11) is 0. The molecule has 1 aliphatic rings. The normalized spacial score (nSPS) is 15.8. The number of hydrogen-bond acceptors (Lipinski definition) is 4. The highest BCUT2D eigenvalue weighted by atomic mass is 19.2. The van der Waals surface area contributed by atoms with Crippen LogP contribution in [-0.2, 0) is 21.7 Å². The number of phenols is 2. The second-order valence-electron chi connectivity index (χ2n) is 24.2. The number of halogens is 6.